The monoisotopic (exact) mass is 594 g/mol. The van der Waals surface area contributed by atoms with E-state index in [1.54, 1.807) is 0 Å². The molecule has 0 saturated heterocycles. The van der Waals surface area contributed by atoms with E-state index < -0.39 is 0 Å². The third kappa shape index (κ3) is 13.4. The topological polar surface area (TPSA) is 77.4 Å². The molecule has 0 aromatic rings. The second kappa shape index (κ2) is 19.3. The van der Waals surface area contributed by atoms with Gasteiger partial charge in [0.1, 0.15) is 0 Å². The molecule has 4 rings (SSSR count). The molecule has 2 N–H and O–H groups in total. The summed E-state index contributed by atoms with van der Waals surface area (Å²) in [6.07, 6.45) is 26.4. The summed E-state index contributed by atoms with van der Waals surface area (Å²) in [5.41, 5.74) is 0. The van der Waals surface area contributed by atoms with Crippen LogP contribution in [0.15, 0.2) is 0 Å². The summed E-state index contributed by atoms with van der Waals surface area (Å²) in [5, 5.41) is 19.5. The molecule has 246 valence electrons. The fraction of sp³-hybridized carbons (Fsp3) is 1.00. The Morgan fingerprint density at radius 3 is 1.10 bits per heavy atom. The van der Waals surface area contributed by atoms with Crippen LogP contribution in [0.4, 0.5) is 0 Å². The lowest BCUT2D eigenvalue weighted by atomic mass is 9.76. The summed E-state index contributed by atoms with van der Waals surface area (Å²) in [6.45, 7) is 5.67. The number of hydrogen-bond donors (Lipinski definition) is 2. The summed E-state index contributed by atoms with van der Waals surface area (Å²) < 4.78 is 24.4. The Morgan fingerprint density at radius 2 is 0.762 bits per heavy atom. The first-order valence-corrected chi connectivity index (χ1v) is 18.3. The maximum absolute atomic E-state index is 9.74. The van der Waals surface area contributed by atoms with Crippen LogP contribution < -0.4 is 0 Å². The van der Waals surface area contributed by atoms with Gasteiger partial charge in [-0.25, -0.2) is 0 Å². The van der Waals surface area contributed by atoms with Crippen molar-refractivity contribution in [3.05, 3.63) is 0 Å². The maximum atomic E-state index is 9.74. The van der Waals surface area contributed by atoms with Crippen molar-refractivity contribution in [1.82, 2.24) is 0 Å². The third-order valence-corrected chi connectivity index (χ3v) is 11.1. The van der Waals surface area contributed by atoms with Crippen LogP contribution in [0, 0.1) is 23.7 Å². The minimum absolute atomic E-state index is 0.0376. The van der Waals surface area contributed by atoms with Crippen LogP contribution in [0.25, 0.3) is 0 Å². The van der Waals surface area contributed by atoms with Crippen LogP contribution in [0.3, 0.4) is 0 Å². The van der Waals surface area contributed by atoms with Crippen molar-refractivity contribution in [2.24, 2.45) is 23.7 Å². The van der Waals surface area contributed by atoms with Gasteiger partial charge >= 0.3 is 0 Å². The molecule has 6 nitrogen and oxygen atoms in total. The van der Waals surface area contributed by atoms with E-state index in [1.807, 2.05) is 0 Å². The van der Waals surface area contributed by atoms with E-state index in [9.17, 15) is 10.2 Å². The molecule has 2 atom stereocenters. The molecule has 0 heterocycles. The molecular weight excluding hydrogens is 528 g/mol. The van der Waals surface area contributed by atoms with Crippen molar-refractivity contribution in [2.45, 2.75) is 192 Å². The lowest BCUT2D eigenvalue weighted by Gasteiger charge is -2.34. The summed E-state index contributed by atoms with van der Waals surface area (Å²) >= 11 is 0. The minimum atomic E-state index is -0.107. The van der Waals surface area contributed by atoms with Gasteiger partial charge < -0.3 is 29.2 Å². The number of unbranched alkanes of at least 4 members (excludes halogenated alkanes) is 3. The first-order valence-electron chi connectivity index (χ1n) is 18.3. The molecule has 0 radical (unpaired) electrons. The van der Waals surface area contributed by atoms with E-state index in [2.05, 4.69) is 13.8 Å². The second-order valence-electron chi connectivity index (χ2n) is 14.7. The van der Waals surface area contributed by atoms with E-state index in [4.69, 9.17) is 18.9 Å². The van der Waals surface area contributed by atoms with Gasteiger partial charge in [0.05, 0.1) is 24.4 Å². The zero-order valence-corrected chi connectivity index (χ0v) is 27.3. The minimum Gasteiger partial charge on any atom is -0.393 e. The molecular formula is C36H66O6. The molecule has 6 heteroatoms. The number of aliphatic hydroxyl groups is 2. The average molecular weight is 595 g/mol. The molecule has 4 aliphatic carbocycles. The van der Waals surface area contributed by atoms with Crippen LogP contribution in [0.2, 0.25) is 0 Å². The standard InChI is InChI=1S/C36H66O6/c1-27(41-35-19-11-31(12-20-35)25-29-7-15-33(37)16-8-29)39-23-5-3-4-6-24-40-28(2)42-36-21-13-32(14-22-36)26-30-9-17-34(38)18-10-30/h27-38H,3-26H2,1-2H3. The fourth-order valence-electron chi connectivity index (χ4n) is 8.39. The quantitative estimate of drug-likeness (QED) is 0.130. The molecule has 2 unspecified atom stereocenters. The maximum Gasteiger partial charge on any atom is 0.155 e. The molecule has 0 bridgehead atoms. The van der Waals surface area contributed by atoms with Gasteiger partial charge in [-0.15, -0.1) is 0 Å². The molecule has 0 aliphatic heterocycles. The lowest BCUT2D eigenvalue weighted by Crippen LogP contribution is -2.28. The summed E-state index contributed by atoms with van der Waals surface area (Å²) in [7, 11) is 0. The number of ether oxygens (including phenoxy) is 4. The predicted molar refractivity (Wildman–Crippen MR) is 168 cm³/mol. The van der Waals surface area contributed by atoms with Gasteiger partial charge in [0.25, 0.3) is 0 Å². The second-order valence-corrected chi connectivity index (χ2v) is 14.7. The molecule has 42 heavy (non-hydrogen) atoms. The van der Waals surface area contributed by atoms with Gasteiger partial charge in [-0.1, -0.05) is 12.8 Å². The highest BCUT2D eigenvalue weighted by Gasteiger charge is 2.29. The van der Waals surface area contributed by atoms with Crippen molar-refractivity contribution in [1.29, 1.82) is 0 Å². The summed E-state index contributed by atoms with van der Waals surface area (Å²) in [5.74, 6) is 3.39. The van der Waals surface area contributed by atoms with Gasteiger partial charge in [-0.2, -0.15) is 0 Å². The average Bonchev–Trinajstić information content (AvgIpc) is 2.99. The van der Waals surface area contributed by atoms with Gasteiger partial charge in [-0.05, 0) is 166 Å². The molecule has 0 amide bonds. The highest BCUT2D eigenvalue weighted by Crippen LogP contribution is 2.37. The van der Waals surface area contributed by atoms with Crippen molar-refractivity contribution in [3.8, 4) is 0 Å². The van der Waals surface area contributed by atoms with Gasteiger partial charge in [0.15, 0.2) is 12.6 Å². The molecule has 0 aromatic carbocycles. The smallest absolute Gasteiger partial charge is 0.155 e. The molecule has 4 saturated carbocycles. The number of aliphatic hydroxyl groups excluding tert-OH is 2. The number of rotatable bonds is 17. The predicted octanol–water partition coefficient (Wildman–Crippen LogP) is 8.31. The van der Waals surface area contributed by atoms with Gasteiger partial charge in [0, 0.05) is 13.2 Å². The first kappa shape index (κ1) is 34.6. The Balaban J connectivity index is 0.916. The van der Waals surface area contributed by atoms with E-state index in [1.165, 1.54) is 103 Å². The molecule has 4 fully saturated rings. The van der Waals surface area contributed by atoms with Crippen molar-refractivity contribution < 1.29 is 29.2 Å². The SMILES string of the molecule is CC(OCCCCCCOC(C)OC1CCC(CC2CCC(O)CC2)CC1)OC1CCC(CC2CCC(O)CC2)CC1. The van der Waals surface area contributed by atoms with Crippen LogP contribution >= 0.6 is 0 Å². The van der Waals surface area contributed by atoms with Crippen LogP contribution in [0.1, 0.15) is 155 Å². The fourth-order valence-corrected chi connectivity index (χ4v) is 8.39. The largest absolute Gasteiger partial charge is 0.393 e. The molecule has 0 aromatic heterocycles. The van der Waals surface area contributed by atoms with Gasteiger partial charge in [-0.3, -0.25) is 0 Å². The van der Waals surface area contributed by atoms with Crippen LogP contribution in [0.5, 0.6) is 0 Å². The van der Waals surface area contributed by atoms with E-state index >= 15 is 0 Å². The molecule has 4 aliphatic rings. The summed E-state index contributed by atoms with van der Waals surface area (Å²) in [4.78, 5) is 0. The Labute approximate surface area is 258 Å². The van der Waals surface area contributed by atoms with Gasteiger partial charge in [0.2, 0.25) is 0 Å². The Bertz CT molecular complexity index is 614. The normalized spacial score (nSPS) is 36.0. The third-order valence-electron chi connectivity index (χ3n) is 11.1. The van der Waals surface area contributed by atoms with E-state index in [-0.39, 0.29) is 24.8 Å². The van der Waals surface area contributed by atoms with Crippen LogP contribution in [-0.2, 0) is 18.9 Å². The number of hydrogen-bond acceptors (Lipinski definition) is 6. The Morgan fingerprint density at radius 1 is 0.452 bits per heavy atom. The Kier molecular flexibility index (Phi) is 15.9. The van der Waals surface area contributed by atoms with E-state index in [0.717, 1.165) is 75.4 Å². The molecule has 0 spiro atoms. The zero-order chi connectivity index (χ0) is 29.6. The Hall–Kier alpha value is -0.240. The zero-order valence-electron chi connectivity index (χ0n) is 27.3. The van der Waals surface area contributed by atoms with Crippen molar-refractivity contribution in [3.63, 3.8) is 0 Å². The highest BCUT2D eigenvalue weighted by atomic mass is 16.7. The highest BCUT2D eigenvalue weighted by molar-refractivity contribution is 4.80. The summed E-state index contributed by atoms with van der Waals surface area (Å²) in [6, 6.07) is 0. The van der Waals surface area contributed by atoms with Crippen molar-refractivity contribution in [2.75, 3.05) is 13.2 Å². The van der Waals surface area contributed by atoms with Crippen molar-refractivity contribution >= 4 is 0 Å². The lowest BCUT2D eigenvalue weighted by molar-refractivity contribution is -0.170. The van der Waals surface area contributed by atoms with Crippen LogP contribution in [-0.4, -0.2) is 60.4 Å². The first-order chi connectivity index (χ1) is 20.4. The van der Waals surface area contributed by atoms with E-state index in [0.29, 0.717) is 12.2 Å².